The lowest BCUT2D eigenvalue weighted by Gasteiger charge is -2.13. The molecule has 2 aromatic carbocycles. The zero-order chi connectivity index (χ0) is 17.7. The Morgan fingerprint density at radius 3 is 2.58 bits per heavy atom. The van der Waals surface area contributed by atoms with Gasteiger partial charge in [-0.1, -0.05) is 18.2 Å². The Morgan fingerprint density at radius 1 is 1.21 bits per heavy atom. The highest BCUT2D eigenvalue weighted by atomic mass is 19.4. The lowest BCUT2D eigenvalue weighted by atomic mass is 10.1. The molecule has 24 heavy (non-hydrogen) atoms. The maximum Gasteiger partial charge on any atom is 0.416 e. The number of carbonyl (C=O) groups excluding carboxylic acids is 2. The first kappa shape index (κ1) is 17.5. The van der Waals surface area contributed by atoms with Crippen LogP contribution < -0.4 is 10.1 Å². The number of para-hydroxylation sites is 1. The van der Waals surface area contributed by atoms with Crippen LogP contribution >= 0.6 is 0 Å². The van der Waals surface area contributed by atoms with Crippen LogP contribution in [-0.4, -0.2) is 18.8 Å². The van der Waals surface area contributed by atoms with Gasteiger partial charge in [-0.3, -0.25) is 9.59 Å². The van der Waals surface area contributed by atoms with Gasteiger partial charge in [0, 0.05) is 5.69 Å². The van der Waals surface area contributed by atoms with E-state index in [0.717, 1.165) is 6.07 Å². The quantitative estimate of drug-likeness (QED) is 0.844. The van der Waals surface area contributed by atoms with Gasteiger partial charge in [0.1, 0.15) is 5.75 Å². The molecule has 0 heterocycles. The molecule has 0 fully saturated rings. The highest BCUT2D eigenvalue weighted by Crippen LogP contribution is 2.33. The van der Waals surface area contributed by atoms with Crippen molar-refractivity contribution in [3.05, 3.63) is 59.2 Å². The minimum Gasteiger partial charge on any atom is -0.483 e. The zero-order valence-electron chi connectivity index (χ0n) is 12.7. The van der Waals surface area contributed by atoms with Crippen molar-refractivity contribution in [3.8, 4) is 5.75 Å². The predicted molar refractivity (Wildman–Crippen MR) is 82.1 cm³/mol. The van der Waals surface area contributed by atoms with Crippen LogP contribution in [0, 0.1) is 6.92 Å². The van der Waals surface area contributed by atoms with E-state index in [0.29, 0.717) is 6.29 Å². The number of anilines is 1. The van der Waals surface area contributed by atoms with Crippen molar-refractivity contribution < 1.29 is 27.5 Å². The van der Waals surface area contributed by atoms with Crippen LogP contribution in [0.2, 0.25) is 0 Å². The fourth-order valence-electron chi connectivity index (χ4n) is 2.05. The number of halogens is 3. The fourth-order valence-corrected chi connectivity index (χ4v) is 2.05. The summed E-state index contributed by atoms with van der Waals surface area (Å²) in [7, 11) is 0. The normalized spacial score (nSPS) is 11.0. The van der Waals surface area contributed by atoms with Crippen molar-refractivity contribution in [2.24, 2.45) is 0 Å². The summed E-state index contributed by atoms with van der Waals surface area (Å²) in [5, 5.41) is 2.34. The first-order valence-corrected chi connectivity index (χ1v) is 6.96. The van der Waals surface area contributed by atoms with E-state index in [9.17, 15) is 22.8 Å². The van der Waals surface area contributed by atoms with E-state index in [1.165, 1.54) is 31.2 Å². The topological polar surface area (TPSA) is 55.4 Å². The third kappa shape index (κ3) is 4.34. The average Bonchev–Trinajstić information content (AvgIpc) is 2.54. The molecular formula is C17H14F3NO3. The van der Waals surface area contributed by atoms with Gasteiger partial charge < -0.3 is 10.1 Å². The molecule has 0 saturated heterocycles. The minimum absolute atomic E-state index is 0.0187. The lowest BCUT2D eigenvalue weighted by molar-refractivity contribution is -0.138. The highest BCUT2D eigenvalue weighted by molar-refractivity contribution is 5.92. The van der Waals surface area contributed by atoms with E-state index in [1.807, 2.05) is 0 Å². The minimum atomic E-state index is -4.50. The molecule has 1 N–H and O–H groups in total. The molecule has 126 valence electrons. The Morgan fingerprint density at radius 2 is 1.92 bits per heavy atom. The summed E-state index contributed by atoms with van der Waals surface area (Å²) < 4.78 is 43.8. The van der Waals surface area contributed by atoms with Gasteiger partial charge in [0.15, 0.2) is 12.9 Å². The van der Waals surface area contributed by atoms with Gasteiger partial charge in [0.2, 0.25) is 0 Å². The molecule has 1 amide bonds. The smallest absolute Gasteiger partial charge is 0.416 e. The zero-order valence-corrected chi connectivity index (χ0v) is 12.7. The predicted octanol–water partition coefficient (Wildman–Crippen LogP) is 3.84. The van der Waals surface area contributed by atoms with E-state index in [4.69, 9.17) is 4.74 Å². The second kappa shape index (κ2) is 7.16. The number of carbonyl (C=O) groups is 2. The van der Waals surface area contributed by atoms with Gasteiger partial charge in [-0.15, -0.1) is 0 Å². The molecule has 2 aromatic rings. The van der Waals surface area contributed by atoms with E-state index in [1.54, 1.807) is 12.1 Å². The Labute approximate surface area is 136 Å². The largest absolute Gasteiger partial charge is 0.483 e. The van der Waals surface area contributed by atoms with Crippen LogP contribution in [-0.2, 0) is 11.0 Å². The number of aldehydes is 1. The molecule has 0 bridgehead atoms. The maximum absolute atomic E-state index is 12.8. The van der Waals surface area contributed by atoms with Crippen molar-refractivity contribution in [2.75, 3.05) is 11.9 Å². The van der Waals surface area contributed by atoms with Crippen LogP contribution in [0.25, 0.3) is 0 Å². The molecule has 0 atom stereocenters. The Bertz CT molecular complexity index is 757. The van der Waals surface area contributed by atoms with Crippen LogP contribution in [0.1, 0.15) is 21.5 Å². The van der Waals surface area contributed by atoms with Crippen LogP contribution in [0.5, 0.6) is 5.75 Å². The second-order valence-electron chi connectivity index (χ2n) is 5.02. The van der Waals surface area contributed by atoms with Crippen molar-refractivity contribution in [3.63, 3.8) is 0 Å². The first-order chi connectivity index (χ1) is 11.3. The summed E-state index contributed by atoms with van der Waals surface area (Å²) in [5.74, 6) is -0.407. The third-order valence-corrected chi connectivity index (χ3v) is 3.23. The van der Waals surface area contributed by atoms with Gasteiger partial charge in [-0.25, -0.2) is 0 Å². The molecule has 4 nitrogen and oxygen atoms in total. The summed E-state index contributed by atoms with van der Waals surface area (Å²) in [6, 6.07) is 9.84. The molecule has 7 heteroatoms. The lowest BCUT2D eigenvalue weighted by Crippen LogP contribution is -2.21. The monoisotopic (exact) mass is 337 g/mol. The van der Waals surface area contributed by atoms with Gasteiger partial charge in [-0.05, 0) is 36.8 Å². The van der Waals surface area contributed by atoms with Crippen LogP contribution in [0.4, 0.5) is 18.9 Å². The number of rotatable bonds is 5. The summed E-state index contributed by atoms with van der Waals surface area (Å²) >= 11 is 0. The van der Waals surface area contributed by atoms with E-state index in [2.05, 4.69) is 5.32 Å². The molecule has 2 rings (SSSR count). The first-order valence-electron chi connectivity index (χ1n) is 6.96. The summed E-state index contributed by atoms with van der Waals surface area (Å²) in [6.45, 7) is 0.911. The molecule has 0 aliphatic carbocycles. The van der Waals surface area contributed by atoms with Crippen LogP contribution in [0.3, 0.4) is 0 Å². The van der Waals surface area contributed by atoms with Crippen molar-refractivity contribution >= 4 is 17.9 Å². The van der Waals surface area contributed by atoms with Crippen molar-refractivity contribution in [1.29, 1.82) is 0 Å². The van der Waals surface area contributed by atoms with E-state index in [-0.39, 0.29) is 22.6 Å². The van der Waals surface area contributed by atoms with E-state index >= 15 is 0 Å². The number of benzene rings is 2. The third-order valence-electron chi connectivity index (χ3n) is 3.23. The number of ether oxygens (including phenoxy) is 1. The van der Waals surface area contributed by atoms with Gasteiger partial charge in [-0.2, -0.15) is 13.2 Å². The Kier molecular flexibility index (Phi) is 5.23. The van der Waals surface area contributed by atoms with Crippen molar-refractivity contribution in [2.45, 2.75) is 13.1 Å². The number of aryl methyl sites for hydroxylation is 1. The molecule has 0 radical (unpaired) electrons. The second-order valence-corrected chi connectivity index (χ2v) is 5.02. The van der Waals surface area contributed by atoms with Gasteiger partial charge in [0.05, 0.1) is 11.1 Å². The SMILES string of the molecule is Cc1ccc(NC(=O)COc2ccccc2C=O)cc1C(F)(F)F. The molecule has 0 aliphatic heterocycles. The molecular weight excluding hydrogens is 323 g/mol. The van der Waals surface area contributed by atoms with Gasteiger partial charge in [0.25, 0.3) is 5.91 Å². The number of hydrogen-bond donors (Lipinski definition) is 1. The number of amides is 1. The molecule has 0 unspecified atom stereocenters. The number of alkyl halides is 3. The Balaban J connectivity index is 2.04. The molecule has 0 spiro atoms. The molecule has 0 saturated carbocycles. The van der Waals surface area contributed by atoms with E-state index < -0.39 is 24.3 Å². The standard InChI is InChI=1S/C17H14F3NO3/c1-11-6-7-13(8-14(11)17(18,19)20)21-16(23)10-24-15-5-3-2-4-12(15)9-22/h2-9H,10H2,1H3,(H,21,23). The number of nitrogens with one attached hydrogen (secondary N) is 1. The Hall–Kier alpha value is -2.83. The summed E-state index contributed by atoms with van der Waals surface area (Å²) in [6.07, 6.45) is -3.91. The maximum atomic E-state index is 12.8. The molecule has 0 aliphatic rings. The van der Waals surface area contributed by atoms with Crippen molar-refractivity contribution in [1.82, 2.24) is 0 Å². The summed E-state index contributed by atoms with van der Waals surface area (Å²) in [4.78, 5) is 22.7. The van der Waals surface area contributed by atoms with Crippen LogP contribution in [0.15, 0.2) is 42.5 Å². The highest BCUT2D eigenvalue weighted by Gasteiger charge is 2.32. The number of hydrogen-bond acceptors (Lipinski definition) is 3. The average molecular weight is 337 g/mol. The molecule has 0 aromatic heterocycles. The summed E-state index contributed by atoms with van der Waals surface area (Å²) in [5.41, 5.74) is -0.450. The van der Waals surface area contributed by atoms with Gasteiger partial charge >= 0.3 is 6.18 Å². The fraction of sp³-hybridized carbons (Fsp3) is 0.176.